The summed E-state index contributed by atoms with van der Waals surface area (Å²) in [5.41, 5.74) is 2.06. The van der Waals surface area contributed by atoms with Gasteiger partial charge in [-0.25, -0.2) is 4.39 Å². The Morgan fingerprint density at radius 2 is 1.97 bits per heavy atom. The first-order valence-electron chi connectivity index (χ1n) is 10.4. The lowest BCUT2D eigenvalue weighted by atomic mass is 10.0. The molecule has 4 rings (SSSR count). The maximum absolute atomic E-state index is 13.5. The van der Waals surface area contributed by atoms with E-state index in [1.807, 2.05) is 37.3 Å². The number of fused-ring (bicyclic) bond motifs is 1. The van der Waals surface area contributed by atoms with E-state index in [0.29, 0.717) is 17.6 Å². The number of H-pyrrole nitrogens is 1. The number of aromatic nitrogens is 2. The molecular formula is C25H22ClFN4O2. The van der Waals surface area contributed by atoms with Gasteiger partial charge in [-0.1, -0.05) is 35.9 Å². The zero-order valence-electron chi connectivity index (χ0n) is 17.9. The molecule has 0 saturated heterocycles. The molecule has 0 saturated carbocycles. The molecular weight excluding hydrogens is 443 g/mol. The summed E-state index contributed by atoms with van der Waals surface area (Å²) >= 11 is 5.85. The van der Waals surface area contributed by atoms with Crippen molar-refractivity contribution in [2.24, 2.45) is 0 Å². The summed E-state index contributed by atoms with van der Waals surface area (Å²) in [6.45, 7) is 2.23. The van der Waals surface area contributed by atoms with Crippen LogP contribution in [0, 0.1) is 5.82 Å². The van der Waals surface area contributed by atoms with Crippen LogP contribution in [0.1, 0.15) is 24.1 Å². The molecule has 1 atom stereocenters. The molecule has 0 spiro atoms. The van der Waals surface area contributed by atoms with Crippen molar-refractivity contribution in [2.75, 3.05) is 11.9 Å². The van der Waals surface area contributed by atoms with E-state index < -0.39 is 5.82 Å². The largest absolute Gasteiger partial charge is 0.376 e. The number of amides is 1. The molecule has 0 aliphatic heterocycles. The monoisotopic (exact) mass is 464 g/mol. The Morgan fingerprint density at radius 3 is 2.70 bits per heavy atom. The number of benzene rings is 2. The summed E-state index contributed by atoms with van der Waals surface area (Å²) in [6, 6.07) is 14.9. The number of carbonyl (C=O) groups is 1. The van der Waals surface area contributed by atoms with Gasteiger partial charge in [0.1, 0.15) is 5.82 Å². The smallest absolute Gasteiger partial charge is 0.255 e. The highest BCUT2D eigenvalue weighted by molar-refractivity contribution is 6.31. The topological polar surface area (TPSA) is 78.1 Å². The first kappa shape index (κ1) is 22.5. The van der Waals surface area contributed by atoms with E-state index in [2.05, 4.69) is 15.3 Å². The van der Waals surface area contributed by atoms with Crippen LogP contribution < -0.4 is 10.9 Å². The average Bonchev–Trinajstić information content (AvgIpc) is 2.84. The molecule has 33 heavy (non-hydrogen) atoms. The van der Waals surface area contributed by atoms with Crippen molar-refractivity contribution < 1.29 is 9.18 Å². The second kappa shape index (κ2) is 9.83. The first-order chi connectivity index (χ1) is 15.9. The minimum Gasteiger partial charge on any atom is -0.376 e. The predicted octanol–water partition coefficient (Wildman–Crippen LogP) is 4.92. The molecule has 6 nitrogen and oxygen atoms in total. The number of aromatic amines is 1. The van der Waals surface area contributed by atoms with E-state index in [-0.39, 0.29) is 29.1 Å². The lowest BCUT2D eigenvalue weighted by Gasteiger charge is -2.30. The number of hydrogen-bond acceptors (Lipinski definition) is 4. The van der Waals surface area contributed by atoms with Gasteiger partial charge in [0.2, 0.25) is 5.91 Å². The maximum atomic E-state index is 13.5. The van der Waals surface area contributed by atoms with Gasteiger partial charge in [-0.15, -0.1) is 0 Å². The van der Waals surface area contributed by atoms with Crippen molar-refractivity contribution in [2.45, 2.75) is 19.5 Å². The molecule has 0 radical (unpaired) electrons. The van der Waals surface area contributed by atoms with Crippen molar-refractivity contribution in [1.82, 2.24) is 14.9 Å². The molecule has 168 valence electrons. The van der Waals surface area contributed by atoms with Crippen molar-refractivity contribution in [3.8, 4) is 0 Å². The molecule has 0 bridgehead atoms. The molecule has 0 aliphatic rings. The Morgan fingerprint density at radius 1 is 1.18 bits per heavy atom. The number of nitrogens with zero attached hydrogens (tertiary/aromatic N) is 2. The van der Waals surface area contributed by atoms with Gasteiger partial charge in [0, 0.05) is 36.2 Å². The van der Waals surface area contributed by atoms with E-state index in [4.69, 9.17) is 11.6 Å². The Labute approximate surface area is 195 Å². The molecule has 2 heterocycles. The summed E-state index contributed by atoms with van der Waals surface area (Å²) < 4.78 is 13.5. The van der Waals surface area contributed by atoms with E-state index in [1.54, 1.807) is 29.6 Å². The maximum Gasteiger partial charge on any atom is 0.255 e. The van der Waals surface area contributed by atoms with Gasteiger partial charge in [0.25, 0.3) is 5.56 Å². The number of anilines is 1. The minimum atomic E-state index is -0.523. The third-order valence-corrected chi connectivity index (χ3v) is 5.81. The fraction of sp³-hybridized carbons (Fsp3) is 0.160. The van der Waals surface area contributed by atoms with E-state index in [1.165, 1.54) is 18.2 Å². The van der Waals surface area contributed by atoms with Crippen LogP contribution in [0.25, 0.3) is 10.8 Å². The third kappa shape index (κ3) is 5.04. The van der Waals surface area contributed by atoms with E-state index in [9.17, 15) is 14.0 Å². The van der Waals surface area contributed by atoms with Crippen molar-refractivity contribution in [3.63, 3.8) is 0 Å². The highest BCUT2D eigenvalue weighted by Crippen LogP contribution is 2.28. The van der Waals surface area contributed by atoms with Gasteiger partial charge < -0.3 is 15.2 Å². The van der Waals surface area contributed by atoms with Gasteiger partial charge in [0.05, 0.1) is 17.6 Å². The van der Waals surface area contributed by atoms with Crippen LogP contribution in [-0.4, -0.2) is 27.3 Å². The summed E-state index contributed by atoms with van der Waals surface area (Å²) in [5.74, 6) is -0.701. The summed E-state index contributed by atoms with van der Waals surface area (Å²) in [5, 5.41) is 4.35. The number of pyridine rings is 2. The second-order valence-electron chi connectivity index (χ2n) is 7.66. The number of carbonyl (C=O) groups excluding carboxylic acids is 1. The molecule has 0 aliphatic carbocycles. The van der Waals surface area contributed by atoms with Crippen molar-refractivity contribution >= 4 is 34.0 Å². The van der Waals surface area contributed by atoms with Crippen LogP contribution in [-0.2, 0) is 11.3 Å². The normalized spacial score (nSPS) is 11.8. The number of nitrogens with one attached hydrogen (secondary N) is 2. The quantitative estimate of drug-likeness (QED) is 0.407. The molecule has 0 fully saturated rings. The Kier molecular flexibility index (Phi) is 6.70. The van der Waals surface area contributed by atoms with E-state index in [0.717, 1.165) is 16.5 Å². The van der Waals surface area contributed by atoms with Gasteiger partial charge in [-0.2, -0.15) is 0 Å². The summed E-state index contributed by atoms with van der Waals surface area (Å²) in [4.78, 5) is 34.3. The standard InChI is InChI=1S/C25H22ClFN4O2/c1-16(21-13-30-25(33)20-7-3-2-6-19(20)21)31(15-17-5-4-10-28-12-17)24(32)14-29-18-8-9-23(27)22(26)11-18/h2-13,16,29H,14-15H2,1H3,(H,30,33). The van der Waals surface area contributed by atoms with Crippen LogP contribution in [0.4, 0.5) is 10.1 Å². The highest BCUT2D eigenvalue weighted by Gasteiger charge is 2.24. The van der Waals surface area contributed by atoms with Crippen LogP contribution >= 0.6 is 11.6 Å². The molecule has 1 amide bonds. The lowest BCUT2D eigenvalue weighted by Crippen LogP contribution is -2.37. The van der Waals surface area contributed by atoms with Gasteiger partial charge in [-0.3, -0.25) is 14.6 Å². The first-order valence-corrected chi connectivity index (χ1v) is 10.8. The van der Waals surface area contributed by atoms with Gasteiger partial charge >= 0.3 is 0 Å². The van der Waals surface area contributed by atoms with Crippen LogP contribution in [0.5, 0.6) is 0 Å². The van der Waals surface area contributed by atoms with E-state index >= 15 is 0 Å². The molecule has 2 aromatic carbocycles. The third-order valence-electron chi connectivity index (χ3n) is 5.52. The molecule has 4 aromatic rings. The minimum absolute atomic E-state index is 0.0200. The fourth-order valence-corrected chi connectivity index (χ4v) is 3.94. The zero-order valence-corrected chi connectivity index (χ0v) is 18.6. The SMILES string of the molecule is CC(c1c[nH]c(=O)c2ccccc12)N(Cc1cccnc1)C(=O)CNc1ccc(F)c(Cl)c1. The Hall–Kier alpha value is -3.71. The number of rotatable bonds is 7. The fourth-order valence-electron chi connectivity index (χ4n) is 3.76. The van der Waals surface area contributed by atoms with Crippen LogP contribution in [0.2, 0.25) is 5.02 Å². The van der Waals surface area contributed by atoms with Crippen molar-refractivity contribution in [1.29, 1.82) is 0 Å². The molecule has 1 unspecified atom stereocenters. The molecule has 2 N–H and O–H groups in total. The van der Waals surface area contributed by atoms with Crippen LogP contribution in [0.3, 0.4) is 0 Å². The zero-order chi connectivity index (χ0) is 23.4. The number of halogens is 2. The molecule has 8 heteroatoms. The average molecular weight is 465 g/mol. The summed E-state index contributed by atoms with van der Waals surface area (Å²) in [7, 11) is 0. The Balaban J connectivity index is 1.64. The molecule has 2 aromatic heterocycles. The lowest BCUT2D eigenvalue weighted by molar-refractivity contribution is -0.132. The van der Waals surface area contributed by atoms with Crippen LogP contribution in [0.15, 0.2) is 78.0 Å². The number of hydrogen-bond donors (Lipinski definition) is 2. The van der Waals surface area contributed by atoms with Gasteiger partial charge in [-0.05, 0) is 53.8 Å². The van der Waals surface area contributed by atoms with Crippen molar-refractivity contribution in [3.05, 3.63) is 106 Å². The van der Waals surface area contributed by atoms with Gasteiger partial charge in [0.15, 0.2) is 0 Å². The summed E-state index contributed by atoms with van der Waals surface area (Å²) in [6.07, 6.45) is 5.05. The second-order valence-corrected chi connectivity index (χ2v) is 8.07. The predicted molar refractivity (Wildman–Crippen MR) is 128 cm³/mol. The highest BCUT2D eigenvalue weighted by atomic mass is 35.5. The Bertz CT molecular complexity index is 1340.